The number of rotatable bonds is 6. The van der Waals surface area contributed by atoms with E-state index in [1.165, 1.54) is 0 Å². The van der Waals surface area contributed by atoms with Gasteiger partial charge in [0.05, 0.1) is 6.10 Å². The maximum atomic E-state index is 9.39. The highest BCUT2D eigenvalue weighted by Gasteiger charge is 2.03. The summed E-state index contributed by atoms with van der Waals surface area (Å²) in [5.74, 6) is 2.56. The van der Waals surface area contributed by atoms with Crippen molar-refractivity contribution in [2.45, 2.75) is 45.3 Å². The molecule has 0 saturated carbocycles. The molecule has 0 saturated heterocycles. The zero-order chi connectivity index (χ0) is 9.40. The van der Waals surface area contributed by atoms with Crippen LogP contribution in [0.25, 0.3) is 0 Å². The van der Waals surface area contributed by atoms with Crippen LogP contribution in [-0.4, -0.2) is 23.8 Å². The van der Waals surface area contributed by atoms with Crippen LogP contribution in [-0.2, 0) is 0 Å². The van der Waals surface area contributed by atoms with Crippen molar-refractivity contribution >= 4 is 0 Å². The SMILES string of the molecule is C#CCCCC(O)CNC(C)C. The molecule has 12 heavy (non-hydrogen) atoms. The third-order valence-corrected chi connectivity index (χ3v) is 1.62. The van der Waals surface area contributed by atoms with Gasteiger partial charge < -0.3 is 10.4 Å². The van der Waals surface area contributed by atoms with Crippen molar-refractivity contribution in [1.82, 2.24) is 5.32 Å². The van der Waals surface area contributed by atoms with Gasteiger partial charge in [0.2, 0.25) is 0 Å². The molecule has 0 aromatic heterocycles. The molecule has 0 fully saturated rings. The lowest BCUT2D eigenvalue weighted by molar-refractivity contribution is 0.157. The number of terminal acetylenes is 1. The van der Waals surface area contributed by atoms with Crippen molar-refractivity contribution in [3.05, 3.63) is 0 Å². The van der Waals surface area contributed by atoms with Gasteiger partial charge in [-0.05, 0) is 12.8 Å². The van der Waals surface area contributed by atoms with E-state index in [2.05, 4.69) is 25.1 Å². The molecule has 0 amide bonds. The van der Waals surface area contributed by atoms with E-state index in [0.717, 1.165) is 19.3 Å². The van der Waals surface area contributed by atoms with E-state index in [9.17, 15) is 5.11 Å². The highest BCUT2D eigenvalue weighted by atomic mass is 16.3. The molecule has 2 N–H and O–H groups in total. The molecule has 0 aliphatic carbocycles. The molecule has 2 nitrogen and oxygen atoms in total. The molecule has 70 valence electrons. The Balaban J connectivity index is 3.22. The maximum Gasteiger partial charge on any atom is 0.0665 e. The third-order valence-electron chi connectivity index (χ3n) is 1.62. The molecular formula is C10H19NO. The van der Waals surface area contributed by atoms with Crippen molar-refractivity contribution in [2.24, 2.45) is 0 Å². The van der Waals surface area contributed by atoms with Crippen LogP contribution in [0.5, 0.6) is 0 Å². The van der Waals surface area contributed by atoms with Crippen molar-refractivity contribution in [2.75, 3.05) is 6.54 Å². The Hall–Kier alpha value is -0.520. The Labute approximate surface area is 75.4 Å². The van der Waals surface area contributed by atoms with Gasteiger partial charge in [0.1, 0.15) is 0 Å². The molecule has 1 atom stereocenters. The lowest BCUT2D eigenvalue weighted by Gasteiger charge is -2.12. The largest absolute Gasteiger partial charge is 0.392 e. The predicted octanol–water partition coefficient (Wildman–Crippen LogP) is 1.15. The van der Waals surface area contributed by atoms with Crippen LogP contribution >= 0.6 is 0 Å². The number of unbranched alkanes of at least 4 members (excludes halogenated alkanes) is 1. The van der Waals surface area contributed by atoms with Gasteiger partial charge in [-0.3, -0.25) is 0 Å². The Kier molecular flexibility index (Phi) is 6.84. The summed E-state index contributed by atoms with van der Waals surface area (Å²) in [6, 6.07) is 0.437. The zero-order valence-corrected chi connectivity index (χ0v) is 8.01. The van der Waals surface area contributed by atoms with E-state index < -0.39 is 0 Å². The molecule has 0 rings (SSSR count). The van der Waals surface area contributed by atoms with E-state index in [4.69, 9.17) is 6.42 Å². The van der Waals surface area contributed by atoms with Crippen LogP contribution in [0.3, 0.4) is 0 Å². The summed E-state index contributed by atoms with van der Waals surface area (Å²) in [6.45, 7) is 4.80. The fourth-order valence-corrected chi connectivity index (χ4v) is 0.914. The second kappa shape index (κ2) is 7.15. The van der Waals surface area contributed by atoms with Crippen LogP contribution in [0.2, 0.25) is 0 Å². The molecule has 0 heterocycles. The second-order valence-corrected chi connectivity index (χ2v) is 3.31. The van der Waals surface area contributed by atoms with Gasteiger partial charge in [0, 0.05) is 19.0 Å². The predicted molar refractivity (Wildman–Crippen MR) is 51.8 cm³/mol. The minimum atomic E-state index is -0.249. The van der Waals surface area contributed by atoms with Crippen LogP contribution in [0.4, 0.5) is 0 Å². The monoisotopic (exact) mass is 169 g/mol. The Bertz CT molecular complexity index is 137. The molecule has 0 radical (unpaired) electrons. The minimum Gasteiger partial charge on any atom is -0.392 e. The van der Waals surface area contributed by atoms with E-state index >= 15 is 0 Å². The summed E-state index contributed by atoms with van der Waals surface area (Å²) in [5.41, 5.74) is 0. The standard InChI is InChI=1S/C10H19NO/c1-4-5-6-7-10(12)8-11-9(2)3/h1,9-12H,5-8H2,2-3H3. The van der Waals surface area contributed by atoms with Crippen molar-refractivity contribution < 1.29 is 5.11 Å². The van der Waals surface area contributed by atoms with Crippen molar-refractivity contribution in [1.29, 1.82) is 0 Å². The summed E-state index contributed by atoms with van der Waals surface area (Å²) >= 11 is 0. The molecule has 0 aromatic rings. The summed E-state index contributed by atoms with van der Waals surface area (Å²) in [5, 5.41) is 12.6. The molecule has 1 unspecified atom stereocenters. The van der Waals surface area contributed by atoms with Crippen LogP contribution in [0, 0.1) is 12.3 Å². The molecular weight excluding hydrogens is 150 g/mol. The highest BCUT2D eigenvalue weighted by molar-refractivity contribution is 4.83. The molecule has 0 aliphatic heterocycles. The molecule has 0 bridgehead atoms. The van der Waals surface area contributed by atoms with E-state index in [1.54, 1.807) is 0 Å². The summed E-state index contributed by atoms with van der Waals surface area (Å²) in [4.78, 5) is 0. The van der Waals surface area contributed by atoms with E-state index in [1.807, 2.05) is 0 Å². The first kappa shape index (κ1) is 11.5. The smallest absolute Gasteiger partial charge is 0.0665 e. The third kappa shape index (κ3) is 7.59. The van der Waals surface area contributed by atoms with E-state index in [-0.39, 0.29) is 6.10 Å². The van der Waals surface area contributed by atoms with Gasteiger partial charge in [-0.25, -0.2) is 0 Å². The summed E-state index contributed by atoms with van der Waals surface area (Å²) in [6.07, 6.45) is 7.31. The average molecular weight is 169 g/mol. The number of aliphatic hydroxyl groups is 1. The molecule has 0 aliphatic rings. The maximum absolute atomic E-state index is 9.39. The van der Waals surface area contributed by atoms with Gasteiger partial charge in [0.25, 0.3) is 0 Å². The Morgan fingerprint density at radius 3 is 2.67 bits per heavy atom. The highest BCUT2D eigenvalue weighted by Crippen LogP contribution is 1.99. The first-order valence-corrected chi connectivity index (χ1v) is 4.51. The van der Waals surface area contributed by atoms with Gasteiger partial charge in [-0.15, -0.1) is 12.3 Å². The van der Waals surface area contributed by atoms with Gasteiger partial charge >= 0.3 is 0 Å². The first-order valence-electron chi connectivity index (χ1n) is 4.51. The minimum absolute atomic E-state index is 0.249. The van der Waals surface area contributed by atoms with Crippen LogP contribution in [0.1, 0.15) is 33.1 Å². The number of hydrogen-bond donors (Lipinski definition) is 2. The van der Waals surface area contributed by atoms with Gasteiger partial charge in [-0.1, -0.05) is 13.8 Å². The van der Waals surface area contributed by atoms with Crippen molar-refractivity contribution in [3.63, 3.8) is 0 Å². The number of aliphatic hydroxyl groups excluding tert-OH is 1. The van der Waals surface area contributed by atoms with Gasteiger partial charge in [0.15, 0.2) is 0 Å². The first-order chi connectivity index (χ1) is 5.66. The zero-order valence-electron chi connectivity index (χ0n) is 8.01. The fourth-order valence-electron chi connectivity index (χ4n) is 0.914. The van der Waals surface area contributed by atoms with Gasteiger partial charge in [-0.2, -0.15) is 0 Å². The average Bonchev–Trinajstić information content (AvgIpc) is 2.01. The molecule has 0 aromatic carbocycles. The Morgan fingerprint density at radius 2 is 2.17 bits per heavy atom. The topological polar surface area (TPSA) is 32.3 Å². The normalized spacial score (nSPS) is 12.9. The Morgan fingerprint density at radius 1 is 1.50 bits per heavy atom. The summed E-state index contributed by atoms with van der Waals surface area (Å²) in [7, 11) is 0. The van der Waals surface area contributed by atoms with E-state index in [0.29, 0.717) is 12.6 Å². The lowest BCUT2D eigenvalue weighted by Crippen LogP contribution is -2.31. The quantitative estimate of drug-likeness (QED) is 0.462. The molecule has 2 heteroatoms. The fraction of sp³-hybridized carbons (Fsp3) is 0.800. The van der Waals surface area contributed by atoms with Crippen LogP contribution < -0.4 is 5.32 Å². The summed E-state index contributed by atoms with van der Waals surface area (Å²) < 4.78 is 0. The number of nitrogens with one attached hydrogen (secondary N) is 1. The van der Waals surface area contributed by atoms with Crippen molar-refractivity contribution in [3.8, 4) is 12.3 Å². The lowest BCUT2D eigenvalue weighted by atomic mass is 10.1. The van der Waals surface area contributed by atoms with Crippen LogP contribution in [0.15, 0.2) is 0 Å². The molecule has 0 spiro atoms. The number of hydrogen-bond acceptors (Lipinski definition) is 2. The second-order valence-electron chi connectivity index (χ2n) is 3.31.